The molecule has 140 valence electrons. The van der Waals surface area contributed by atoms with Gasteiger partial charge in [0.05, 0.1) is 11.3 Å². The second kappa shape index (κ2) is 7.60. The van der Waals surface area contributed by atoms with Gasteiger partial charge < -0.3 is 9.72 Å². The van der Waals surface area contributed by atoms with Crippen molar-refractivity contribution in [3.63, 3.8) is 0 Å². The summed E-state index contributed by atoms with van der Waals surface area (Å²) < 4.78 is 14.9. The molecule has 3 heterocycles. The van der Waals surface area contributed by atoms with Gasteiger partial charge in [0, 0.05) is 42.3 Å². The molecule has 0 aliphatic heterocycles. The minimum absolute atomic E-state index is 0.0457. The summed E-state index contributed by atoms with van der Waals surface area (Å²) in [5, 5.41) is 3.00. The number of rotatable bonds is 5. The van der Waals surface area contributed by atoms with Crippen LogP contribution >= 0.6 is 0 Å². The fourth-order valence-corrected chi connectivity index (χ4v) is 3.08. The molecule has 4 rings (SSSR count). The monoisotopic (exact) mass is 374 g/mol. The van der Waals surface area contributed by atoms with Gasteiger partial charge in [-0.25, -0.2) is 9.37 Å². The Hall–Kier alpha value is -3.54. The fraction of sp³-hybridized carbons (Fsp3) is 0.136. The molecule has 6 heteroatoms. The number of carbonyl (C=O) groups excluding carboxylic acids is 1. The van der Waals surface area contributed by atoms with E-state index in [1.165, 1.54) is 12.1 Å². The second-order valence-electron chi connectivity index (χ2n) is 6.72. The zero-order valence-electron chi connectivity index (χ0n) is 15.3. The normalized spacial score (nSPS) is 12.1. The summed E-state index contributed by atoms with van der Waals surface area (Å²) in [5.74, 6) is -0.436. The molecule has 0 radical (unpaired) electrons. The number of nitrogens with zero attached hydrogens (tertiary/aromatic N) is 3. The Morgan fingerprint density at radius 3 is 2.68 bits per heavy atom. The lowest BCUT2D eigenvalue weighted by atomic mass is 10.1. The minimum Gasteiger partial charge on any atom is -0.349 e. The van der Waals surface area contributed by atoms with Crippen LogP contribution in [0.5, 0.6) is 0 Å². The minimum atomic E-state index is -0.286. The highest BCUT2D eigenvalue weighted by molar-refractivity contribution is 5.94. The maximum absolute atomic E-state index is 13.1. The van der Waals surface area contributed by atoms with Crippen LogP contribution < -0.4 is 5.32 Å². The lowest BCUT2D eigenvalue weighted by Gasteiger charge is -2.13. The summed E-state index contributed by atoms with van der Waals surface area (Å²) in [6.45, 7) is 1.95. The van der Waals surface area contributed by atoms with Crippen LogP contribution in [0.4, 0.5) is 4.39 Å². The van der Waals surface area contributed by atoms with Gasteiger partial charge in [0.25, 0.3) is 5.91 Å². The average Bonchev–Trinajstić information content (AvgIpc) is 3.12. The van der Waals surface area contributed by atoms with Gasteiger partial charge in [0.15, 0.2) is 0 Å². The first-order valence-corrected chi connectivity index (χ1v) is 9.04. The van der Waals surface area contributed by atoms with Crippen LogP contribution in [0.2, 0.25) is 0 Å². The highest BCUT2D eigenvalue weighted by atomic mass is 19.1. The smallest absolute Gasteiger partial charge is 0.252 e. The molecule has 1 amide bonds. The molecule has 28 heavy (non-hydrogen) atoms. The van der Waals surface area contributed by atoms with E-state index in [0.717, 1.165) is 22.6 Å². The molecular formula is C22H19FN4O. The summed E-state index contributed by atoms with van der Waals surface area (Å²) in [4.78, 5) is 21.4. The van der Waals surface area contributed by atoms with Crippen LogP contribution in [0.3, 0.4) is 0 Å². The quantitative estimate of drug-likeness (QED) is 0.576. The van der Waals surface area contributed by atoms with Gasteiger partial charge in [-0.1, -0.05) is 6.07 Å². The topological polar surface area (TPSA) is 59.3 Å². The van der Waals surface area contributed by atoms with Crippen molar-refractivity contribution in [3.05, 3.63) is 90.3 Å². The van der Waals surface area contributed by atoms with E-state index >= 15 is 0 Å². The number of carbonyl (C=O) groups is 1. The highest BCUT2D eigenvalue weighted by Gasteiger charge is 2.13. The van der Waals surface area contributed by atoms with Gasteiger partial charge in [-0.15, -0.1) is 0 Å². The lowest BCUT2D eigenvalue weighted by Crippen LogP contribution is -2.34. The number of pyridine rings is 2. The van der Waals surface area contributed by atoms with Crippen LogP contribution in [0.1, 0.15) is 23.0 Å². The molecule has 0 spiro atoms. The maximum atomic E-state index is 13.1. The summed E-state index contributed by atoms with van der Waals surface area (Å²) in [7, 11) is 0. The Balaban J connectivity index is 1.50. The van der Waals surface area contributed by atoms with Crippen LogP contribution in [0.15, 0.2) is 73.2 Å². The average molecular weight is 374 g/mol. The van der Waals surface area contributed by atoms with Crippen molar-refractivity contribution in [1.29, 1.82) is 0 Å². The van der Waals surface area contributed by atoms with Crippen LogP contribution in [0.25, 0.3) is 16.9 Å². The van der Waals surface area contributed by atoms with Crippen molar-refractivity contribution in [3.8, 4) is 11.3 Å². The molecule has 1 atom stereocenters. The van der Waals surface area contributed by atoms with E-state index in [4.69, 9.17) is 0 Å². The molecular weight excluding hydrogens is 355 g/mol. The Morgan fingerprint density at radius 2 is 1.93 bits per heavy atom. The second-order valence-corrected chi connectivity index (χ2v) is 6.72. The molecule has 1 N–H and O–H groups in total. The van der Waals surface area contributed by atoms with E-state index in [1.54, 1.807) is 41.1 Å². The van der Waals surface area contributed by atoms with E-state index in [2.05, 4.69) is 15.3 Å². The zero-order chi connectivity index (χ0) is 19.5. The third-order valence-corrected chi connectivity index (χ3v) is 4.47. The molecule has 0 aliphatic carbocycles. The third kappa shape index (κ3) is 3.91. The molecule has 3 aromatic heterocycles. The van der Waals surface area contributed by atoms with Crippen molar-refractivity contribution >= 4 is 11.6 Å². The standard InChI is InChI=1S/C22H19FN4O/c1-15(12-19-4-2-3-11-24-19)25-22(28)17-7-10-21-26-20(14-27(21)13-17)16-5-8-18(23)9-6-16/h2-11,13-15H,12H2,1H3,(H,25,28)/t15-/m0/s1. The van der Waals surface area contributed by atoms with Crippen LogP contribution in [0, 0.1) is 5.82 Å². The Morgan fingerprint density at radius 1 is 1.11 bits per heavy atom. The largest absolute Gasteiger partial charge is 0.349 e. The van der Waals surface area contributed by atoms with Gasteiger partial charge in [-0.05, 0) is 55.5 Å². The van der Waals surface area contributed by atoms with Gasteiger partial charge in [0.1, 0.15) is 11.5 Å². The van der Waals surface area contributed by atoms with Crippen LogP contribution in [-0.4, -0.2) is 26.3 Å². The Labute approximate surface area is 161 Å². The van der Waals surface area contributed by atoms with Gasteiger partial charge in [-0.2, -0.15) is 0 Å². The first-order valence-electron chi connectivity index (χ1n) is 9.04. The summed E-state index contributed by atoms with van der Waals surface area (Å²) >= 11 is 0. The van der Waals surface area contributed by atoms with Gasteiger partial charge in [-0.3, -0.25) is 9.78 Å². The maximum Gasteiger partial charge on any atom is 0.252 e. The zero-order valence-corrected chi connectivity index (χ0v) is 15.3. The number of benzene rings is 1. The SMILES string of the molecule is C[C@@H](Cc1ccccn1)NC(=O)c1ccc2nc(-c3ccc(F)cc3)cn2c1. The Kier molecular flexibility index (Phi) is 4.85. The van der Waals surface area contributed by atoms with Crippen molar-refractivity contribution in [2.24, 2.45) is 0 Å². The molecule has 1 aromatic carbocycles. The highest BCUT2D eigenvalue weighted by Crippen LogP contribution is 2.20. The van der Waals surface area contributed by atoms with Crippen molar-refractivity contribution in [2.75, 3.05) is 0 Å². The molecule has 5 nitrogen and oxygen atoms in total. The van der Waals surface area contributed by atoms with Gasteiger partial charge >= 0.3 is 0 Å². The summed E-state index contributed by atoms with van der Waals surface area (Å²) in [5.41, 5.74) is 3.74. The molecule has 0 bridgehead atoms. The first kappa shape index (κ1) is 17.9. The first-order chi connectivity index (χ1) is 13.6. The number of hydrogen-bond acceptors (Lipinski definition) is 3. The molecule has 4 aromatic rings. The number of hydrogen-bond donors (Lipinski definition) is 1. The number of imidazole rings is 1. The number of halogens is 1. The molecule has 0 fully saturated rings. The third-order valence-electron chi connectivity index (χ3n) is 4.47. The number of nitrogens with one attached hydrogen (secondary N) is 1. The van der Waals surface area contributed by atoms with E-state index in [9.17, 15) is 9.18 Å². The number of aromatic nitrogens is 3. The van der Waals surface area contributed by atoms with E-state index < -0.39 is 0 Å². The van der Waals surface area contributed by atoms with Crippen molar-refractivity contribution < 1.29 is 9.18 Å². The molecule has 0 saturated carbocycles. The van der Waals surface area contributed by atoms with E-state index in [0.29, 0.717) is 12.0 Å². The van der Waals surface area contributed by atoms with Crippen molar-refractivity contribution in [2.45, 2.75) is 19.4 Å². The predicted octanol–water partition coefficient (Wildman–Crippen LogP) is 3.90. The molecule has 0 aliphatic rings. The Bertz CT molecular complexity index is 1110. The van der Waals surface area contributed by atoms with Gasteiger partial charge in [0.2, 0.25) is 0 Å². The summed E-state index contributed by atoms with van der Waals surface area (Å²) in [6, 6.07) is 15.4. The van der Waals surface area contributed by atoms with E-state index in [1.807, 2.05) is 31.3 Å². The molecule has 0 saturated heterocycles. The summed E-state index contributed by atoms with van der Waals surface area (Å²) in [6.07, 6.45) is 5.99. The number of fused-ring (bicyclic) bond motifs is 1. The molecule has 0 unspecified atom stereocenters. The predicted molar refractivity (Wildman–Crippen MR) is 105 cm³/mol. The van der Waals surface area contributed by atoms with Crippen LogP contribution in [-0.2, 0) is 6.42 Å². The lowest BCUT2D eigenvalue weighted by molar-refractivity contribution is 0.0939. The van der Waals surface area contributed by atoms with E-state index in [-0.39, 0.29) is 17.8 Å². The number of amides is 1. The van der Waals surface area contributed by atoms with Crippen molar-refractivity contribution in [1.82, 2.24) is 19.7 Å². The fourth-order valence-electron chi connectivity index (χ4n) is 3.08.